The first-order valence-electron chi connectivity index (χ1n) is 11.4. The van der Waals surface area contributed by atoms with E-state index in [9.17, 15) is 18.3 Å². The van der Waals surface area contributed by atoms with Gasteiger partial charge in [0.05, 0.1) is 13.7 Å². The zero-order chi connectivity index (χ0) is 24.6. The molecule has 2 aromatic rings. The molecule has 182 valence electrons. The number of Topliss-reactive ketones (excluding diaryl/α,β-unsaturated/α-hetero) is 1. The van der Waals surface area contributed by atoms with Crippen LogP contribution < -0.4 is 9.47 Å². The van der Waals surface area contributed by atoms with E-state index in [4.69, 9.17) is 9.47 Å². The summed E-state index contributed by atoms with van der Waals surface area (Å²) in [7, 11) is -2.11. The van der Waals surface area contributed by atoms with Gasteiger partial charge in [0.2, 0.25) is 5.78 Å². The Labute approximate surface area is 201 Å². The number of allylic oxidation sites excluding steroid dienone is 2. The quantitative estimate of drug-likeness (QED) is 0.354. The monoisotopic (exact) mass is 484 g/mol. The minimum Gasteiger partial charge on any atom is -0.497 e. The van der Waals surface area contributed by atoms with Gasteiger partial charge in [-0.2, -0.15) is 0 Å². The molecule has 34 heavy (non-hydrogen) atoms. The maximum atomic E-state index is 12.9. The third-order valence-electron chi connectivity index (χ3n) is 5.85. The first-order chi connectivity index (χ1) is 16.2. The Hall–Kier alpha value is -2.90. The molecule has 1 atom stereocenters. The first-order valence-corrected chi connectivity index (χ1v) is 13.3. The van der Waals surface area contributed by atoms with E-state index >= 15 is 0 Å². The van der Waals surface area contributed by atoms with E-state index in [-0.39, 0.29) is 16.9 Å². The van der Waals surface area contributed by atoms with Crippen LogP contribution in [0.15, 0.2) is 77.2 Å². The number of sulfone groups is 1. The summed E-state index contributed by atoms with van der Waals surface area (Å²) in [6, 6.07) is 17.2. The topological polar surface area (TPSA) is 89.9 Å². The van der Waals surface area contributed by atoms with E-state index in [1.165, 1.54) is 6.08 Å². The van der Waals surface area contributed by atoms with Gasteiger partial charge in [0, 0.05) is 11.8 Å². The molecule has 1 unspecified atom stereocenters. The fourth-order valence-corrected chi connectivity index (χ4v) is 4.85. The highest BCUT2D eigenvalue weighted by atomic mass is 32.2. The summed E-state index contributed by atoms with van der Waals surface area (Å²) in [4.78, 5) is 12.5. The minimum atomic E-state index is -3.73. The number of aliphatic hydroxyl groups is 1. The van der Waals surface area contributed by atoms with Crippen molar-refractivity contribution in [2.45, 2.75) is 44.1 Å². The molecular weight excluding hydrogens is 452 g/mol. The van der Waals surface area contributed by atoms with Gasteiger partial charge >= 0.3 is 0 Å². The van der Waals surface area contributed by atoms with Crippen molar-refractivity contribution < 1.29 is 27.8 Å². The molecular formula is C27H32O6S. The Morgan fingerprint density at radius 1 is 0.971 bits per heavy atom. The highest BCUT2D eigenvalue weighted by Gasteiger charge is 2.44. The summed E-state index contributed by atoms with van der Waals surface area (Å²) >= 11 is 0. The number of carbonyl (C=O) groups excluding carboxylic acids is 1. The molecule has 0 fully saturated rings. The van der Waals surface area contributed by atoms with E-state index in [2.05, 4.69) is 0 Å². The van der Waals surface area contributed by atoms with Crippen molar-refractivity contribution in [3.63, 3.8) is 0 Å². The molecule has 0 saturated carbocycles. The summed E-state index contributed by atoms with van der Waals surface area (Å²) in [5.74, 6) is 0.963. The average Bonchev–Trinajstić information content (AvgIpc) is 3.08. The van der Waals surface area contributed by atoms with Gasteiger partial charge in [0.25, 0.3) is 0 Å². The van der Waals surface area contributed by atoms with Crippen LogP contribution in [0.3, 0.4) is 0 Å². The van der Waals surface area contributed by atoms with Crippen LogP contribution in [0, 0.1) is 0 Å². The Morgan fingerprint density at radius 3 is 2.32 bits per heavy atom. The fraction of sp³-hybridized carbons (Fsp3) is 0.370. The summed E-state index contributed by atoms with van der Waals surface area (Å²) in [5.41, 5.74) is -0.283. The number of para-hydroxylation sites is 1. The second-order valence-corrected chi connectivity index (χ2v) is 10.5. The third-order valence-corrected chi connectivity index (χ3v) is 6.95. The zero-order valence-corrected chi connectivity index (χ0v) is 20.5. The summed E-state index contributed by atoms with van der Waals surface area (Å²) < 4.78 is 35.1. The molecule has 0 amide bonds. The van der Waals surface area contributed by atoms with Crippen LogP contribution in [0.1, 0.15) is 37.7 Å². The lowest BCUT2D eigenvalue weighted by molar-refractivity contribution is -0.112. The molecule has 0 aliphatic heterocycles. The molecule has 0 saturated heterocycles. The van der Waals surface area contributed by atoms with Gasteiger partial charge in [-0.3, -0.25) is 4.79 Å². The van der Waals surface area contributed by atoms with Gasteiger partial charge in [-0.1, -0.05) is 36.4 Å². The highest BCUT2D eigenvalue weighted by Crippen LogP contribution is 2.37. The van der Waals surface area contributed by atoms with Gasteiger partial charge < -0.3 is 14.6 Å². The van der Waals surface area contributed by atoms with E-state index in [0.29, 0.717) is 25.9 Å². The number of carbonyl (C=O) groups is 1. The normalized spacial score (nSPS) is 19.3. The average molecular weight is 485 g/mol. The van der Waals surface area contributed by atoms with Gasteiger partial charge in [-0.15, -0.1) is 0 Å². The smallest absolute Gasteiger partial charge is 0.203 e. The second kappa shape index (κ2) is 11.5. The van der Waals surface area contributed by atoms with Gasteiger partial charge in [-0.25, -0.2) is 8.42 Å². The van der Waals surface area contributed by atoms with Gasteiger partial charge in [0.15, 0.2) is 9.84 Å². The summed E-state index contributed by atoms with van der Waals surface area (Å²) in [5, 5.41) is 11.3. The van der Waals surface area contributed by atoms with Crippen molar-refractivity contribution in [2.24, 2.45) is 0 Å². The van der Waals surface area contributed by atoms with E-state index in [1.807, 2.05) is 54.6 Å². The van der Waals surface area contributed by atoms with Crippen molar-refractivity contribution >= 4 is 15.6 Å². The largest absolute Gasteiger partial charge is 0.497 e. The van der Waals surface area contributed by atoms with Crippen LogP contribution in [0.25, 0.3) is 0 Å². The van der Waals surface area contributed by atoms with Crippen molar-refractivity contribution in [3.8, 4) is 11.5 Å². The molecule has 0 spiro atoms. The molecule has 0 heterocycles. The van der Waals surface area contributed by atoms with Crippen LogP contribution in [0.4, 0.5) is 0 Å². The Balaban J connectivity index is 1.60. The Kier molecular flexibility index (Phi) is 8.69. The lowest BCUT2D eigenvalue weighted by atomic mass is 9.89. The third kappa shape index (κ3) is 6.81. The van der Waals surface area contributed by atoms with Crippen LogP contribution in [-0.4, -0.2) is 44.9 Å². The molecule has 2 aromatic carbocycles. The zero-order valence-electron chi connectivity index (χ0n) is 19.7. The molecule has 1 aliphatic carbocycles. The predicted octanol–water partition coefficient (Wildman–Crippen LogP) is 4.44. The van der Waals surface area contributed by atoms with E-state index < -0.39 is 21.2 Å². The number of aryl methyl sites for hydroxylation is 1. The summed E-state index contributed by atoms with van der Waals surface area (Å²) in [6.07, 6.45) is 7.52. The SMILES string of the molecule is COc1ccc(CCC/C=C2\C(=O)C(S(C)(=O)=O)=CC2(O)CCCCOc2ccccc2)cc1. The number of ether oxygens (including phenoxy) is 2. The number of hydrogen-bond donors (Lipinski definition) is 1. The van der Waals surface area contributed by atoms with Crippen LogP contribution >= 0.6 is 0 Å². The molecule has 3 rings (SSSR count). The van der Waals surface area contributed by atoms with Crippen LogP contribution in [-0.2, 0) is 21.1 Å². The van der Waals surface area contributed by atoms with E-state index in [0.717, 1.165) is 36.2 Å². The molecule has 0 radical (unpaired) electrons. The second-order valence-electron chi connectivity index (χ2n) is 8.51. The van der Waals surface area contributed by atoms with Gasteiger partial charge in [-0.05, 0) is 74.4 Å². The summed E-state index contributed by atoms with van der Waals surface area (Å²) in [6.45, 7) is 0.470. The fourth-order valence-electron chi connectivity index (χ4n) is 3.99. The first kappa shape index (κ1) is 25.7. The van der Waals surface area contributed by atoms with Crippen molar-refractivity contribution in [2.75, 3.05) is 20.0 Å². The molecule has 0 aromatic heterocycles. The number of methoxy groups -OCH3 is 1. The molecule has 0 bridgehead atoms. The number of rotatable bonds is 12. The van der Waals surface area contributed by atoms with Gasteiger partial charge in [0.1, 0.15) is 22.0 Å². The minimum absolute atomic E-state index is 0.159. The van der Waals surface area contributed by atoms with Crippen molar-refractivity contribution in [1.29, 1.82) is 0 Å². The van der Waals surface area contributed by atoms with Crippen LogP contribution in [0.5, 0.6) is 11.5 Å². The number of unbranched alkanes of at least 4 members (excludes halogenated alkanes) is 2. The maximum Gasteiger partial charge on any atom is 0.203 e. The van der Waals surface area contributed by atoms with Crippen LogP contribution in [0.2, 0.25) is 0 Å². The number of ketones is 1. The highest BCUT2D eigenvalue weighted by molar-refractivity contribution is 7.95. The molecule has 1 aliphatic rings. The predicted molar refractivity (Wildman–Crippen MR) is 133 cm³/mol. The molecule has 1 N–H and O–H groups in total. The number of hydrogen-bond acceptors (Lipinski definition) is 6. The van der Waals surface area contributed by atoms with E-state index in [1.54, 1.807) is 13.2 Å². The molecule has 6 nitrogen and oxygen atoms in total. The lowest BCUT2D eigenvalue weighted by Crippen LogP contribution is -2.28. The standard InChI is InChI=1S/C27H32O6S/c1-32-22-16-14-21(15-17-22)10-6-7-13-24-26(28)25(34(2,30)31)20-27(24,29)18-8-9-19-33-23-11-4-3-5-12-23/h3-5,11-17,20,29H,6-10,18-19H2,1-2H3/b24-13+. The maximum absolute atomic E-state index is 12.9. The van der Waals surface area contributed by atoms with Crippen molar-refractivity contribution in [1.82, 2.24) is 0 Å². The Bertz CT molecular complexity index is 1130. The number of benzene rings is 2. The van der Waals surface area contributed by atoms with Crippen molar-refractivity contribution in [3.05, 3.63) is 82.8 Å². The Morgan fingerprint density at radius 2 is 1.68 bits per heavy atom. The molecule has 7 heteroatoms. The lowest BCUT2D eigenvalue weighted by Gasteiger charge is -2.22.